The first-order valence-corrected chi connectivity index (χ1v) is 9.83. The Hall–Kier alpha value is -4.53. The number of hydrogen-bond acceptors (Lipinski definition) is 7. The highest BCUT2D eigenvalue weighted by Crippen LogP contribution is 2.25. The van der Waals surface area contributed by atoms with Crippen LogP contribution >= 0.6 is 0 Å². The van der Waals surface area contributed by atoms with Crippen molar-refractivity contribution < 1.29 is 0 Å². The number of pyridine rings is 1. The van der Waals surface area contributed by atoms with Gasteiger partial charge in [0.25, 0.3) is 0 Å². The number of nitrogens with one attached hydrogen (secondary N) is 4. The first kappa shape index (κ1) is 17.3. The summed E-state index contributed by atoms with van der Waals surface area (Å²) in [5.41, 5.74) is 3.22. The molecule has 4 N–H and O–H groups in total. The van der Waals surface area contributed by atoms with Crippen molar-refractivity contribution in [2.45, 2.75) is 6.54 Å². The first-order chi connectivity index (χ1) is 15.3. The Morgan fingerprint density at radius 3 is 2.71 bits per heavy atom. The largest absolute Gasteiger partial charge is 0.361 e. The normalized spacial score (nSPS) is 11.4. The first-order valence-electron chi connectivity index (χ1n) is 9.83. The third-order valence-electron chi connectivity index (χ3n) is 5.05. The van der Waals surface area contributed by atoms with Gasteiger partial charge in [-0.2, -0.15) is 9.97 Å². The maximum absolute atomic E-state index is 4.66. The highest BCUT2D eigenvalue weighted by Gasteiger charge is 2.12. The van der Waals surface area contributed by atoms with Crippen molar-refractivity contribution in [3.05, 3.63) is 72.9 Å². The quantitative estimate of drug-likeness (QED) is 0.339. The van der Waals surface area contributed by atoms with E-state index in [4.69, 9.17) is 0 Å². The summed E-state index contributed by atoms with van der Waals surface area (Å²) in [5, 5.41) is 8.66. The molecule has 0 aliphatic rings. The molecule has 0 spiro atoms. The molecule has 0 atom stereocenters. The van der Waals surface area contributed by atoms with Crippen LogP contribution in [0.1, 0.15) is 5.82 Å². The number of hydrogen-bond donors (Lipinski definition) is 4. The van der Waals surface area contributed by atoms with Crippen molar-refractivity contribution in [1.29, 1.82) is 0 Å². The van der Waals surface area contributed by atoms with Crippen LogP contribution in [-0.2, 0) is 6.54 Å². The molecule has 4 heterocycles. The van der Waals surface area contributed by atoms with Crippen molar-refractivity contribution in [2.24, 2.45) is 0 Å². The molecule has 150 valence electrons. The summed E-state index contributed by atoms with van der Waals surface area (Å²) in [5.74, 6) is 2.55. The van der Waals surface area contributed by atoms with E-state index in [0.29, 0.717) is 29.8 Å². The van der Waals surface area contributed by atoms with Gasteiger partial charge in [0.05, 0.1) is 23.9 Å². The molecule has 0 bridgehead atoms. The van der Waals surface area contributed by atoms with E-state index in [1.54, 1.807) is 12.5 Å². The number of nitrogens with zero attached hydrogens (tertiary/aromatic N) is 5. The number of aromatic nitrogens is 7. The maximum Gasteiger partial charge on any atom is 0.232 e. The molecular formula is C22H17N9. The Morgan fingerprint density at radius 2 is 1.74 bits per heavy atom. The summed E-state index contributed by atoms with van der Waals surface area (Å²) in [6, 6.07) is 17.9. The van der Waals surface area contributed by atoms with Gasteiger partial charge in [0.15, 0.2) is 11.5 Å². The zero-order valence-corrected chi connectivity index (χ0v) is 16.3. The minimum absolute atomic E-state index is 0.413. The van der Waals surface area contributed by atoms with Gasteiger partial charge in [-0.25, -0.2) is 15.0 Å². The van der Waals surface area contributed by atoms with Gasteiger partial charge in [-0.3, -0.25) is 0 Å². The lowest BCUT2D eigenvalue weighted by Crippen LogP contribution is -2.07. The lowest BCUT2D eigenvalue weighted by molar-refractivity contribution is 0.997. The average molecular weight is 407 g/mol. The molecule has 0 aliphatic heterocycles. The number of anilines is 3. The third-order valence-corrected chi connectivity index (χ3v) is 5.05. The maximum atomic E-state index is 4.66. The standard InChI is InChI=1S/C22H17N9/c1-2-6-14-13(5-1)9-10-23-19(14)29-22-30-20(18-21(31-22)26-12-25-18)24-11-17-27-15-7-3-4-8-16(15)28-17/h1-10,12H,11H2,(H,27,28)(H3,23,24,25,26,29,30,31). The topological polar surface area (TPSA) is 120 Å². The number of imidazole rings is 2. The number of H-pyrrole nitrogens is 2. The molecule has 0 unspecified atom stereocenters. The van der Waals surface area contributed by atoms with Gasteiger partial charge < -0.3 is 20.6 Å². The molecule has 9 heteroatoms. The zero-order valence-electron chi connectivity index (χ0n) is 16.3. The van der Waals surface area contributed by atoms with Crippen LogP contribution in [-0.4, -0.2) is 34.9 Å². The van der Waals surface area contributed by atoms with E-state index in [9.17, 15) is 0 Å². The van der Waals surface area contributed by atoms with Crippen LogP contribution in [0.4, 0.5) is 17.6 Å². The van der Waals surface area contributed by atoms with Crippen LogP contribution in [0.3, 0.4) is 0 Å². The highest BCUT2D eigenvalue weighted by atomic mass is 15.2. The minimum Gasteiger partial charge on any atom is -0.361 e. The van der Waals surface area contributed by atoms with Crippen molar-refractivity contribution >= 4 is 50.6 Å². The molecule has 9 nitrogen and oxygen atoms in total. The van der Waals surface area contributed by atoms with E-state index < -0.39 is 0 Å². The molecular weight excluding hydrogens is 390 g/mol. The molecule has 6 rings (SSSR count). The van der Waals surface area contributed by atoms with Crippen LogP contribution in [0.15, 0.2) is 67.1 Å². The summed E-state index contributed by atoms with van der Waals surface area (Å²) >= 11 is 0. The fraction of sp³-hybridized carbons (Fsp3) is 0.0455. The van der Waals surface area contributed by atoms with E-state index in [2.05, 4.69) is 45.5 Å². The van der Waals surface area contributed by atoms with E-state index in [1.807, 2.05) is 54.6 Å². The lowest BCUT2D eigenvalue weighted by Gasteiger charge is -2.10. The summed E-state index contributed by atoms with van der Waals surface area (Å²) in [4.78, 5) is 29.0. The highest BCUT2D eigenvalue weighted by molar-refractivity contribution is 5.93. The van der Waals surface area contributed by atoms with Crippen LogP contribution in [0.5, 0.6) is 0 Å². The van der Waals surface area contributed by atoms with Crippen LogP contribution < -0.4 is 10.6 Å². The zero-order chi connectivity index (χ0) is 20.6. The summed E-state index contributed by atoms with van der Waals surface area (Å²) < 4.78 is 0. The van der Waals surface area contributed by atoms with Gasteiger partial charge in [0, 0.05) is 11.6 Å². The van der Waals surface area contributed by atoms with Crippen molar-refractivity contribution in [1.82, 2.24) is 34.9 Å². The number of para-hydroxylation sites is 2. The lowest BCUT2D eigenvalue weighted by atomic mass is 10.1. The molecule has 4 aromatic heterocycles. The Bertz CT molecular complexity index is 1490. The number of fused-ring (bicyclic) bond motifs is 3. The van der Waals surface area contributed by atoms with Crippen LogP contribution in [0, 0.1) is 0 Å². The Labute approximate surface area is 176 Å². The monoisotopic (exact) mass is 407 g/mol. The van der Waals surface area contributed by atoms with Gasteiger partial charge in [-0.05, 0) is 23.6 Å². The molecule has 0 saturated heterocycles. The molecule has 0 amide bonds. The summed E-state index contributed by atoms with van der Waals surface area (Å²) in [7, 11) is 0. The van der Waals surface area contributed by atoms with E-state index in [1.165, 1.54) is 0 Å². The molecule has 6 aromatic rings. The van der Waals surface area contributed by atoms with E-state index in [-0.39, 0.29) is 0 Å². The SMILES string of the molecule is c1ccc2c(Nc3nc(NCc4nc5ccccc5[nH]4)c4[nH]cnc4n3)nccc2c1. The Kier molecular flexibility index (Phi) is 3.95. The van der Waals surface area contributed by atoms with Crippen LogP contribution in [0.2, 0.25) is 0 Å². The van der Waals surface area contributed by atoms with E-state index >= 15 is 0 Å². The molecule has 0 aliphatic carbocycles. The molecule has 0 saturated carbocycles. The molecule has 0 radical (unpaired) electrons. The molecule has 2 aromatic carbocycles. The fourth-order valence-electron chi connectivity index (χ4n) is 3.60. The van der Waals surface area contributed by atoms with Gasteiger partial charge in [-0.1, -0.05) is 36.4 Å². The van der Waals surface area contributed by atoms with Gasteiger partial charge in [-0.15, -0.1) is 0 Å². The second-order valence-corrected chi connectivity index (χ2v) is 7.06. The average Bonchev–Trinajstić information content (AvgIpc) is 3.44. The smallest absolute Gasteiger partial charge is 0.232 e. The van der Waals surface area contributed by atoms with Gasteiger partial charge >= 0.3 is 0 Å². The molecule has 31 heavy (non-hydrogen) atoms. The predicted molar refractivity (Wildman–Crippen MR) is 120 cm³/mol. The fourth-order valence-corrected chi connectivity index (χ4v) is 3.60. The number of benzene rings is 2. The molecule has 0 fully saturated rings. The van der Waals surface area contributed by atoms with Crippen molar-refractivity contribution in [3.8, 4) is 0 Å². The number of rotatable bonds is 5. The third kappa shape index (κ3) is 3.18. The van der Waals surface area contributed by atoms with Gasteiger partial charge in [0.1, 0.15) is 17.2 Å². The minimum atomic E-state index is 0.413. The number of aromatic amines is 2. The summed E-state index contributed by atoms with van der Waals surface area (Å²) in [6.45, 7) is 0.478. The van der Waals surface area contributed by atoms with Crippen molar-refractivity contribution in [2.75, 3.05) is 10.6 Å². The van der Waals surface area contributed by atoms with Crippen molar-refractivity contribution in [3.63, 3.8) is 0 Å². The van der Waals surface area contributed by atoms with E-state index in [0.717, 1.165) is 33.1 Å². The summed E-state index contributed by atoms with van der Waals surface area (Å²) in [6.07, 6.45) is 3.37. The second-order valence-electron chi connectivity index (χ2n) is 7.06. The van der Waals surface area contributed by atoms with Gasteiger partial charge in [0.2, 0.25) is 5.95 Å². The van der Waals surface area contributed by atoms with Crippen LogP contribution in [0.25, 0.3) is 33.0 Å². The Morgan fingerprint density at radius 1 is 0.839 bits per heavy atom. The Balaban J connectivity index is 1.33. The second kappa shape index (κ2) is 7.06. The predicted octanol–water partition coefficient (Wildman–Crippen LogP) is 4.13.